The van der Waals surface area contributed by atoms with Gasteiger partial charge in [-0.15, -0.1) is 0 Å². The fraction of sp³-hybridized carbons (Fsp3) is 0.538. The molecule has 2 nitrogen and oxygen atoms in total. The van der Waals surface area contributed by atoms with E-state index in [1.807, 2.05) is 24.3 Å². The van der Waals surface area contributed by atoms with Gasteiger partial charge in [-0.05, 0) is 53.8 Å². The lowest BCUT2D eigenvalue weighted by atomic mass is 10.1. The summed E-state index contributed by atoms with van der Waals surface area (Å²) in [7, 11) is 1.67. The van der Waals surface area contributed by atoms with Crippen LogP contribution in [0, 0.1) is 3.57 Å². The van der Waals surface area contributed by atoms with E-state index >= 15 is 0 Å². The fourth-order valence-electron chi connectivity index (χ4n) is 1.55. The van der Waals surface area contributed by atoms with E-state index in [4.69, 9.17) is 4.74 Å². The van der Waals surface area contributed by atoms with Crippen molar-refractivity contribution >= 4 is 22.6 Å². The molecule has 0 aliphatic heterocycles. The van der Waals surface area contributed by atoms with Gasteiger partial charge in [0.05, 0.1) is 6.61 Å². The number of hydrogen-bond acceptors (Lipinski definition) is 2. The largest absolute Gasteiger partial charge is 0.373 e. The van der Waals surface area contributed by atoms with Gasteiger partial charge in [0.15, 0.2) is 0 Å². The quantitative estimate of drug-likeness (QED) is 0.530. The summed E-state index contributed by atoms with van der Waals surface area (Å²) in [6.45, 7) is -1.32. The van der Waals surface area contributed by atoms with Crippen molar-refractivity contribution in [1.82, 2.24) is 5.32 Å². The van der Waals surface area contributed by atoms with E-state index in [1.165, 1.54) is 0 Å². The van der Waals surface area contributed by atoms with Crippen molar-refractivity contribution < 1.29 is 22.3 Å². The first-order valence-electron chi connectivity index (χ1n) is 6.00. The predicted octanol–water partition coefficient (Wildman–Crippen LogP) is 3.34. The van der Waals surface area contributed by atoms with Crippen LogP contribution in [0.2, 0.25) is 0 Å². The molecule has 114 valence electrons. The summed E-state index contributed by atoms with van der Waals surface area (Å²) in [5.41, 5.74) is 1.02. The van der Waals surface area contributed by atoms with Gasteiger partial charge in [0.2, 0.25) is 0 Å². The SMILES string of the molecule is CNC(COCC(F)(F)C(F)F)Cc1ccc(I)cc1. The van der Waals surface area contributed by atoms with Crippen LogP contribution in [0.5, 0.6) is 0 Å². The highest BCUT2D eigenvalue weighted by atomic mass is 127. The second-order valence-corrected chi connectivity index (χ2v) is 5.64. The lowest BCUT2D eigenvalue weighted by Crippen LogP contribution is -2.37. The van der Waals surface area contributed by atoms with Crippen LogP contribution < -0.4 is 5.32 Å². The zero-order valence-electron chi connectivity index (χ0n) is 10.9. The molecule has 0 radical (unpaired) electrons. The van der Waals surface area contributed by atoms with Gasteiger partial charge >= 0.3 is 12.3 Å². The van der Waals surface area contributed by atoms with Crippen molar-refractivity contribution in [3.63, 3.8) is 0 Å². The van der Waals surface area contributed by atoms with Crippen molar-refractivity contribution in [3.05, 3.63) is 33.4 Å². The molecule has 1 aromatic carbocycles. The smallest absolute Gasteiger partial charge is 0.330 e. The number of benzene rings is 1. The molecule has 0 aliphatic rings. The number of rotatable bonds is 8. The first kappa shape index (κ1) is 17.6. The van der Waals surface area contributed by atoms with E-state index in [0.717, 1.165) is 9.13 Å². The van der Waals surface area contributed by atoms with Crippen LogP contribution >= 0.6 is 22.6 Å². The fourth-order valence-corrected chi connectivity index (χ4v) is 1.91. The molecule has 1 N–H and O–H groups in total. The van der Waals surface area contributed by atoms with E-state index in [2.05, 4.69) is 27.9 Å². The second kappa shape index (κ2) is 8.14. The molecule has 0 bridgehead atoms. The van der Waals surface area contributed by atoms with Crippen molar-refractivity contribution in [2.75, 3.05) is 20.3 Å². The van der Waals surface area contributed by atoms with Crippen LogP contribution in [-0.2, 0) is 11.2 Å². The maximum absolute atomic E-state index is 12.7. The van der Waals surface area contributed by atoms with Gasteiger partial charge in [-0.25, -0.2) is 8.78 Å². The lowest BCUT2D eigenvalue weighted by Gasteiger charge is -2.19. The van der Waals surface area contributed by atoms with Crippen molar-refractivity contribution in [2.45, 2.75) is 24.8 Å². The lowest BCUT2D eigenvalue weighted by molar-refractivity contribution is -0.166. The highest BCUT2D eigenvalue weighted by Gasteiger charge is 2.41. The highest BCUT2D eigenvalue weighted by molar-refractivity contribution is 14.1. The van der Waals surface area contributed by atoms with E-state index in [9.17, 15) is 17.6 Å². The zero-order valence-corrected chi connectivity index (χ0v) is 13.0. The van der Waals surface area contributed by atoms with Gasteiger partial charge in [0.25, 0.3) is 0 Å². The summed E-state index contributed by atoms with van der Waals surface area (Å²) in [5.74, 6) is -4.10. The minimum atomic E-state index is -4.10. The van der Waals surface area contributed by atoms with Crippen molar-refractivity contribution in [3.8, 4) is 0 Å². The third-order valence-electron chi connectivity index (χ3n) is 2.74. The third-order valence-corrected chi connectivity index (χ3v) is 3.46. The Morgan fingerprint density at radius 3 is 2.35 bits per heavy atom. The Kier molecular flexibility index (Phi) is 7.18. The van der Waals surface area contributed by atoms with Gasteiger partial charge < -0.3 is 10.1 Å². The van der Waals surface area contributed by atoms with Crippen LogP contribution in [-0.4, -0.2) is 38.7 Å². The van der Waals surface area contributed by atoms with Crippen LogP contribution in [0.3, 0.4) is 0 Å². The molecular formula is C13H16F4INO. The highest BCUT2D eigenvalue weighted by Crippen LogP contribution is 2.22. The standard InChI is InChI=1S/C13H16F4INO/c1-19-11(6-9-2-4-10(18)5-3-9)7-20-8-13(16,17)12(14)15/h2-5,11-12,19H,6-8H2,1H3. The topological polar surface area (TPSA) is 21.3 Å². The van der Waals surface area contributed by atoms with Crippen molar-refractivity contribution in [1.29, 1.82) is 0 Å². The van der Waals surface area contributed by atoms with E-state index in [1.54, 1.807) is 7.05 Å². The molecule has 0 aromatic heterocycles. The average molecular weight is 405 g/mol. The summed E-state index contributed by atoms with van der Waals surface area (Å²) < 4.78 is 55.1. The van der Waals surface area contributed by atoms with E-state index < -0.39 is 19.0 Å². The minimum absolute atomic E-state index is 0.0508. The molecule has 0 saturated heterocycles. The normalized spacial score (nSPS) is 13.8. The summed E-state index contributed by atoms with van der Waals surface area (Å²) in [4.78, 5) is 0. The maximum atomic E-state index is 12.7. The van der Waals surface area contributed by atoms with Gasteiger partial charge in [-0.3, -0.25) is 0 Å². The molecule has 0 heterocycles. The molecule has 0 saturated carbocycles. The van der Waals surface area contributed by atoms with Gasteiger partial charge in [-0.2, -0.15) is 8.78 Å². The molecular weight excluding hydrogens is 389 g/mol. The first-order valence-corrected chi connectivity index (χ1v) is 7.08. The summed E-state index contributed by atoms with van der Waals surface area (Å²) in [6.07, 6.45) is -3.13. The monoisotopic (exact) mass is 405 g/mol. The van der Waals surface area contributed by atoms with E-state index in [-0.39, 0.29) is 12.6 Å². The maximum Gasteiger partial charge on any atom is 0.330 e. The van der Waals surface area contributed by atoms with Gasteiger partial charge in [-0.1, -0.05) is 12.1 Å². The number of halogens is 5. The number of likely N-dealkylation sites (N-methyl/N-ethyl adjacent to an activating group) is 1. The number of nitrogens with one attached hydrogen (secondary N) is 1. The van der Waals surface area contributed by atoms with Crippen LogP contribution in [0.4, 0.5) is 17.6 Å². The molecule has 0 aliphatic carbocycles. The Morgan fingerprint density at radius 2 is 1.85 bits per heavy atom. The molecule has 0 spiro atoms. The number of alkyl halides is 4. The minimum Gasteiger partial charge on any atom is -0.373 e. The second-order valence-electron chi connectivity index (χ2n) is 4.39. The molecule has 1 rings (SSSR count). The Hall–Kier alpha value is -0.410. The Bertz CT molecular complexity index is 400. The summed E-state index contributed by atoms with van der Waals surface area (Å²) in [5, 5.41) is 2.92. The molecule has 1 atom stereocenters. The van der Waals surface area contributed by atoms with Gasteiger partial charge in [0, 0.05) is 9.61 Å². The predicted molar refractivity (Wildman–Crippen MR) is 77.5 cm³/mol. The molecule has 20 heavy (non-hydrogen) atoms. The zero-order chi connectivity index (χ0) is 15.2. The molecule has 0 amide bonds. The first-order chi connectivity index (χ1) is 9.35. The Morgan fingerprint density at radius 1 is 1.25 bits per heavy atom. The molecule has 0 fully saturated rings. The van der Waals surface area contributed by atoms with Crippen molar-refractivity contribution in [2.24, 2.45) is 0 Å². The molecule has 1 unspecified atom stereocenters. The van der Waals surface area contributed by atoms with Gasteiger partial charge in [0.1, 0.15) is 6.61 Å². The van der Waals surface area contributed by atoms with E-state index in [0.29, 0.717) is 6.42 Å². The Balaban J connectivity index is 2.42. The van der Waals surface area contributed by atoms with Crippen LogP contribution in [0.15, 0.2) is 24.3 Å². The average Bonchev–Trinajstić information content (AvgIpc) is 2.39. The number of hydrogen-bond donors (Lipinski definition) is 1. The van der Waals surface area contributed by atoms with Crippen LogP contribution in [0.1, 0.15) is 5.56 Å². The Labute approximate surface area is 129 Å². The summed E-state index contributed by atoms with van der Waals surface area (Å²) in [6, 6.07) is 7.53. The summed E-state index contributed by atoms with van der Waals surface area (Å²) >= 11 is 2.18. The molecule has 1 aromatic rings. The third kappa shape index (κ3) is 5.92. The molecule has 7 heteroatoms. The van der Waals surface area contributed by atoms with Crippen LogP contribution in [0.25, 0.3) is 0 Å². The number of ether oxygens (including phenoxy) is 1.